The number of amides is 1. The lowest BCUT2D eigenvalue weighted by Gasteiger charge is -2.23. The molecule has 2 N–H and O–H groups in total. The van der Waals surface area contributed by atoms with Gasteiger partial charge in [-0.25, -0.2) is 9.97 Å². The fourth-order valence-corrected chi connectivity index (χ4v) is 4.70. The first-order valence-corrected chi connectivity index (χ1v) is 11.9. The van der Waals surface area contributed by atoms with E-state index in [2.05, 4.69) is 20.6 Å². The molecule has 38 heavy (non-hydrogen) atoms. The Morgan fingerprint density at radius 2 is 1.89 bits per heavy atom. The molecular formula is C27H27F3N4O4. The van der Waals surface area contributed by atoms with Crippen LogP contribution in [0.4, 0.5) is 24.8 Å². The molecule has 2 aromatic carbocycles. The Bertz CT molecular complexity index is 1350. The zero-order chi connectivity index (χ0) is 27.4. The maximum Gasteiger partial charge on any atom is 0.419 e. The Morgan fingerprint density at radius 1 is 1.13 bits per heavy atom. The normalized spacial score (nSPS) is 16.6. The number of nitrogens with zero attached hydrogens (tertiary/aromatic N) is 2. The summed E-state index contributed by atoms with van der Waals surface area (Å²) in [5.74, 6) is -0.627. The van der Waals surface area contributed by atoms with Gasteiger partial charge in [-0.2, -0.15) is 13.2 Å². The number of carbonyl (C=O) groups excluding carboxylic acids is 2. The number of alkyl halides is 3. The van der Waals surface area contributed by atoms with E-state index in [-0.39, 0.29) is 48.0 Å². The van der Waals surface area contributed by atoms with E-state index >= 15 is 0 Å². The number of ether oxygens (including phenoxy) is 2. The summed E-state index contributed by atoms with van der Waals surface area (Å²) in [6.45, 7) is 1.28. The largest absolute Gasteiger partial charge is 0.495 e. The standard InChI is InChI=1S/C27H27F3N4O4/c1-15(35)32-25-18(10-16-6-4-5-7-19(16)25)11-22-20(27(28,29)30)13-31-26(34-22)33-21-9-8-17(12-24(21)38-3)23(36)14-37-2/h4-9,12-13,18,25H,10-11,14H2,1-3H3,(H,32,35)(H,31,33,34)/t18-,25-/m0/s1. The number of Topliss-reactive ketones (excluding diaryl/α,β-unsaturated/α-hetero) is 1. The van der Waals surface area contributed by atoms with Gasteiger partial charge >= 0.3 is 6.18 Å². The maximum absolute atomic E-state index is 13.9. The molecule has 11 heteroatoms. The van der Waals surface area contributed by atoms with E-state index in [1.54, 1.807) is 12.1 Å². The van der Waals surface area contributed by atoms with Crippen LogP contribution < -0.4 is 15.4 Å². The van der Waals surface area contributed by atoms with Crippen molar-refractivity contribution in [1.82, 2.24) is 15.3 Å². The van der Waals surface area contributed by atoms with Crippen LogP contribution in [0.15, 0.2) is 48.7 Å². The van der Waals surface area contributed by atoms with Crippen LogP contribution in [0.1, 0.15) is 45.7 Å². The molecule has 0 unspecified atom stereocenters. The lowest BCUT2D eigenvalue weighted by atomic mass is 9.93. The van der Waals surface area contributed by atoms with Gasteiger partial charge in [0.15, 0.2) is 5.78 Å². The molecule has 3 aromatic rings. The number of rotatable bonds is 9. The van der Waals surface area contributed by atoms with E-state index in [9.17, 15) is 22.8 Å². The van der Waals surface area contributed by atoms with Gasteiger partial charge in [-0.05, 0) is 48.1 Å². The summed E-state index contributed by atoms with van der Waals surface area (Å²) in [5.41, 5.74) is 1.47. The smallest absolute Gasteiger partial charge is 0.419 e. The molecule has 200 valence electrons. The van der Waals surface area contributed by atoms with Gasteiger partial charge in [0.2, 0.25) is 11.9 Å². The molecule has 1 amide bonds. The summed E-state index contributed by atoms with van der Waals surface area (Å²) >= 11 is 0. The number of methoxy groups -OCH3 is 2. The van der Waals surface area contributed by atoms with Gasteiger partial charge in [-0.3, -0.25) is 9.59 Å². The monoisotopic (exact) mass is 528 g/mol. The molecule has 2 atom stereocenters. The van der Waals surface area contributed by atoms with Crippen LogP contribution in [0.5, 0.6) is 5.75 Å². The third-order valence-corrected chi connectivity index (χ3v) is 6.38. The first kappa shape index (κ1) is 27.1. The third kappa shape index (κ3) is 5.94. The Labute approximate surface area is 217 Å². The molecule has 0 saturated carbocycles. The van der Waals surface area contributed by atoms with Crippen molar-refractivity contribution in [3.05, 3.63) is 76.6 Å². The summed E-state index contributed by atoms with van der Waals surface area (Å²) in [6, 6.07) is 11.7. The molecule has 1 aliphatic rings. The van der Waals surface area contributed by atoms with Gasteiger partial charge in [-0.15, -0.1) is 0 Å². The van der Waals surface area contributed by atoms with Gasteiger partial charge in [0.1, 0.15) is 12.4 Å². The lowest BCUT2D eigenvalue weighted by Crippen LogP contribution is -2.31. The molecule has 0 fully saturated rings. The highest BCUT2D eigenvalue weighted by molar-refractivity contribution is 5.98. The second-order valence-electron chi connectivity index (χ2n) is 8.99. The predicted octanol–water partition coefficient (Wildman–Crippen LogP) is 4.67. The topological polar surface area (TPSA) is 102 Å². The molecule has 1 aliphatic carbocycles. The van der Waals surface area contributed by atoms with Crippen molar-refractivity contribution < 1.29 is 32.2 Å². The number of ketones is 1. The van der Waals surface area contributed by atoms with Gasteiger partial charge in [-0.1, -0.05) is 24.3 Å². The minimum atomic E-state index is -4.66. The predicted molar refractivity (Wildman–Crippen MR) is 133 cm³/mol. The number of nitrogens with one attached hydrogen (secondary N) is 2. The van der Waals surface area contributed by atoms with E-state index < -0.39 is 17.8 Å². The summed E-state index contributed by atoms with van der Waals surface area (Å²) in [7, 11) is 2.82. The van der Waals surface area contributed by atoms with Crippen LogP contribution >= 0.6 is 0 Å². The fourth-order valence-electron chi connectivity index (χ4n) is 4.70. The quantitative estimate of drug-likeness (QED) is 0.389. The Morgan fingerprint density at radius 3 is 2.58 bits per heavy atom. The minimum Gasteiger partial charge on any atom is -0.495 e. The zero-order valence-electron chi connectivity index (χ0n) is 21.1. The van der Waals surface area contributed by atoms with Crippen LogP contribution in [0.2, 0.25) is 0 Å². The van der Waals surface area contributed by atoms with E-state index in [0.29, 0.717) is 17.7 Å². The van der Waals surface area contributed by atoms with Gasteiger partial charge in [0, 0.05) is 25.8 Å². The van der Waals surface area contributed by atoms with Crippen LogP contribution in [0.3, 0.4) is 0 Å². The molecule has 4 rings (SSSR count). The molecule has 0 spiro atoms. The summed E-state index contributed by atoms with van der Waals surface area (Å²) in [4.78, 5) is 32.2. The Balaban J connectivity index is 1.65. The SMILES string of the molecule is COCC(=O)c1ccc(Nc2ncc(C(F)(F)F)c(C[C@@H]3Cc4ccccc4[C@H]3NC(C)=O)n2)c(OC)c1. The third-order valence-electron chi connectivity index (χ3n) is 6.38. The van der Waals surface area contributed by atoms with E-state index in [0.717, 1.165) is 17.3 Å². The minimum absolute atomic E-state index is 0.0345. The van der Waals surface area contributed by atoms with Crippen molar-refractivity contribution in [1.29, 1.82) is 0 Å². The maximum atomic E-state index is 13.9. The van der Waals surface area contributed by atoms with Gasteiger partial charge in [0.25, 0.3) is 0 Å². The molecule has 1 aromatic heterocycles. The van der Waals surface area contributed by atoms with Crippen LogP contribution in [-0.4, -0.2) is 42.5 Å². The summed E-state index contributed by atoms with van der Waals surface area (Å²) in [5, 5.41) is 5.79. The Hall–Kier alpha value is -3.99. The first-order chi connectivity index (χ1) is 18.1. The number of fused-ring (bicyclic) bond motifs is 1. The number of hydrogen-bond donors (Lipinski definition) is 2. The number of carbonyl (C=O) groups is 2. The second-order valence-corrected chi connectivity index (χ2v) is 8.99. The molecule has 0 saturated heterocycles. The Kier molecular flexibility index (Phi) is 7.96. The van der Waals surface area contributed by atoms with Gasteiger partial charge in [0.05, 0.1) is 30.1 Å². The van der Waals surface area contributed by atoms with Gasteiger partial charge < -0.3 is 20.1 Å². The van der Waals surface area contributed by atoms with Crippen LogP contribution in [0, 0.1) is 5.92 Å². The molecule has 0 radical (unpaired) electrons. The highest BCUT2D eigenvalue weighted by Gasteiger charge is 2.39. The average Bonchev–Trinajstić information content (AvgIpc) is 3.20. The number of anilines is 2. The zero-order valence-corrected chi connectivity index (χ0v) is 21.1. The number of hydrogen-bond acceptors (Lipinski definition) is 7. The molecular weight excluding hydrogens is 501 g/mol. The van der Waals surface area contributed by atoms with E-state index in [1.165, 1.54) is 27.2 Å². The molecule has 0 bridgehead atoms. The number of halogens is 3. The van der Waals surface area contributed by atoms with Crippen molar-refractivity contribution in [3.63, 3.8) is 0 Å². The van der Waals surface area contributed by atoms with Crippen molar-refractivity contribution in [3.8, 4) is 5.75 Å². The fraction of sp³-hybridized carbons (Fsp3) is 0.333. The highest BCUT2D eigenvalue weighted by atomic mass is 19.4. The van der Waals surface area contributed by atoms with E-state index in [4.69, 9.17) is 9.47 Å². The number of aromatic nitrogens is 2. The van der Waals surface area contributed by atoms with Crippen LogP contribution in [-0.2, 0) is 28.5 Å². The molecule has 8 nitrogen and oxygen atoms in total. The van der Waals surface area contributed by atoms with Crippen molar-refractivity contribution >= 4 is 23.3 Å². The second kappa shape index (κ2) is 11.2. The summed E-state index contributed by atoms with van der Waals surface area (Å²) in [6.07, 6.45) is -3.45. The molecule has 1 heterocycles. The number of benzene rings is 2. The first-order valence-electron chi connectivity index (χ1n) is 11.9. The average molecular weight is 529 g/mol. The lowest BCUT2D eigenvalue weighted by molar-refractivity contribution is -0.138. The molecule has 0 aliphatic heterocycles. The van der Waals surface area contributed by atoms with Crippen molar-refractivity contribution in [2.75, 3.05) is 26.1 Å². The van der Waals surface area contributed by atoms with Crippen molar-refractivity contribution in [2.45, 2.75) is 32.0 Å². The van der Waals surface area contributed by atoms with Crippen molar-refractivity contribution in [2.24, 2.45) is 5.92 Å². The van der Waals surface area contributed by atoms with E-state index in [1.807, 2.05) is 24.3 Å². The highest BCUT2D eigenvalue weighted by Crippen LogP contribution is 2.40. The summed E-state index contributed by atoms with van der Waals surface area (Å²) < 4.78 is 52.0. The van der Waals surface area contributed by atoms with Crippen LogP contribution in [0.25, 0.3) is 0 Å².